The average molecular weight is 266 g/mol. The third-order valence-electron chi connectivity index (χ3n) is 2.54. The number of aliphatic hydroxyl groups excluding tert-OH is 1. The average Bonchev–Trinajstić information content (AvgIpc) is 2.85. The first kappa shape index (κ1) is 13.3. The van der Waals surface area contributed by atoms with E-state index in [-0.39, 0.29) is 12.4 Å². The Morgan fingerprint density at radius 3 is 3.00 bits per heavy atom. The Bertz CT molecular complexity index is 544. The highest BCUT2D eigenvalue weighted by molar-refractivity contribution is 5.47. The number of hydrogen-bond acceptors (Lipinski definition) is 5. The molecule has 0 spiro atoms. The van der Waals surface area contributed by atoms with Gasteiger partial charge in [0.2, 0.25) is 0 Å². The van der Waals surface area contributed by atoms with Crippen molar-refractivity contribution in [3.63, 3.8) is 0 Å². The van der Waals surface area contributed by atoms with Crippen LogP contribution in [0.25, 0.3) is 0 Å². The molecule has 1 heterocycles. The maximum absolute atomic E-state index is 13.5. The van der Waals surface area contributed by atoms with Crippen molar-refractivity contribution in [2.24, 2.45) is 0 Å². The fraction of sp³-hybridized carbons (Fsp3) is 0.333. The molecule has 1 aromatic carbocycles. The van der Waals surface area contributed by atoms with Gasteiger partial charge in [-0.15, -0.1) is 5.10 Å². The van der Waals surface area contributed by atoms with Crippen LogP contribution in [0, 0.1) is 5.82 Å². The molecule has 7 heteroatoms. The van der Waals surface area contributed by atoms with Crippen LogP contribution < -0.4 is 10.1 Å². The van der Waals surface area contributed by atoms with Crippen molar-refractivity contribution in [3.05, 3.63) is 35.9 Å². The van der Waals surface area contributed by atoms with E-state index in [4.69, 9.17) is 9.84 Å². The molecule has 0 fully saturated rings. The third-order valence-corrected chi connectivity index (χ3v) is 2.54. The van der Waals surface area contributed by atoms with Crippen LogP contribution in [0.3, 0.4) is 0 Å². The zero-order valence-corrected chi connectivity index (χ0v) is 10.5. The molecule has 0 bridgehead atoms. The Morgan fingerprint density at radius 1 is 1.47 bits per heavy atom. The lowest BCUT2D eigenvalue weighted by Crippen LogP contribution is -2.02. The predicted molar refractivity (Wildman–Crippen MR) is 67.4 cm³/mol. The quantitative estimate of drug-likeness (QED) is 0.817. The van der Waals surface area contributed by atoms with E-state index < -0.39 is 5.82 Å². The molecule has 0 saturated heterocycles. The molecule has 1 aromatic heterocycles. The van der Waals surface area contributed by atoms with Gasteiger partial charge < -0.3 is 15.2 Å². The van der Waals surface area contributed by atoms with Crippen molar-refractivity contribution >= 4 is 5.69 Å². The van der Waals surface area contributed by atoms with Gasteiger partial charge >= 0.3 is 0 Å². The zero-order chi connectivity index (χ0) is 13.7. The van der Waals surface area contributed by atoms with Crippen molar-refractivity contribution in [2.45, 2.75) is 13.1 Å². The third kappa shape index (κ3) is 3.41. The maximum atomic E-state index is 13.5. The molecule has 19 heavy (non-hydrogen) atoms. The Balaban J connectivity index is 1.95. The van der Waals surface area contributed by atoms with E-state index in [1.54, 1.807) is 23.0 Å². The first-order chi connectivity index (χ1) is 9.22. The summed E-state index contributed by atoms with van der Waals surface area (Å²) in [5, 5.41) is 19.6. The Morgan fingerprint density at radius 2 is 2.32 bits per heavy atom. The topological polar surface area (TPSA) is 72.2 Å². The summed E-state index contributed by atoms with van der Waals surface area (Å²) in [5.41, 5.74) is 1.35. The van der Waals surface area contributed by atoms with Crippen LogP contribution in [-0.2, 0) is 13.1 Å². The van der Waals surface area contributed by atoms with Gasteiger partial charge in [-0.25, -0.2) is 9.07 Å². The maximum Gasteiger partial charge on any atom is 0.167 e. The van der Waals surface area contributed by atoms with Crippen molar-refractivity contribution in [2.75, 3.05) is 19.0 Å². The van der Waals surface area contributed by atoms with E-state index >= 15 is 0 Å². The molecule has 0 amide bonds. The second kappa shape index (κ2) is 6.14. The summed E-state index contributed by atoms with van der Waals surface area (Å²) in [7, 11) is 1.42. The minimum absolute atomic E-state index is 0.0138. The number of hydrogen-bond donors (Lipinski definition) is 2. The molecule has 0 unspecified atom stereocenters. The van der Waals surface area contributed by atoms with Crippen molar-refractivity contribution in [1.29, 1.82) is 0 Å². The van der Waals surface area contributed by atoms with E-state index in [0.717, 1.165) is 0 Å². The van der Waals surface area contributed by atoms with Gasteiger partial charge in [-0.1, -0.05) is 5.21 Å². The van der Waals surface area contributed by atoms with Gasteiger partial charge in [0.25, 0.3) is 0 Å². The Hall–Kier alpha value is -2.15. The lowest BCUT2D eigenvalue weighted by atomic mass is 10.3. The minimum atomic E-state index is -0.420. The minimum Gasteiger partial charge on any atom is -0.494 e. The molecule has 0 aliphatic carbocycles. The van der Waals surface area contributed by atoms with Gasteiger partial charge in [-0.05, 0) is 12.1 Å². The predicted octanol–water partition coefficient (Wildman–Crippen LogP) is 1.03. The molecule has 2 aromatic rings. The van der Waals surface area contributed by atoms with Crippen molar-refractivity contribution in [3.8, 4) is 5.75 Å². The second-order valence-corrected chi connectivity index (χ2v) is 3.90. The Kier molecular flexibility index (Phi) is 4.30. The first-order valence-corrected chi connectivity index (χ1v) is 5.80. The summed E-state index contributed by atoms with van der Waals surface area (Å²) < 4.78 is 19.8. The van der Waals surface area contributed by atoms with Gasteiger partial charge in [0, 0.05) is 11.8 Å². The Labute approximate surface area is 109 Å². The van der Waals surface area contributed by atoms with Crippen LogP contribution in [0.4, 0.5) is 10.1 Å². The fourth-order valence-electron chi connectivity index (χ4n) is 1.60. The lowest BCUT2D eigenvalue weighted by molar-refractivity contribution is 0.268. The number of halogens is 1. The fourth-order valence-corrected chi connectivity index (χ4v) is 1.60. The number of nitrogens with zero attached hydrogens (tertiary/aromatic N) is 3. The standard InChI is InChI=1S/C12H15FN4O2/c1-19-12-3-2-9(6-11(12)13)14-7-10-8-17(4-5-18)16-15-10/h2-3,6,8,14,18H,4-5,7H2,1H3. The molecule has 2 N–H and O–H groups in total. The second-order valence-electron chi connectivity index (χ2n) is 3.90. The van der Waals surface area contributed by atoms with E-state index in [2.05, 4.69) is 15.6 Å². The SMILES string of the molecule is COc1ccc(NCc2cn(CCO)nn2)cc1F. The number of aromatic nitrogens is 3. The summed E-state index contributed by atoms with van der Waals surface area (Å²) in [5.74, 6) is -0.212. The molecule has 0 aliphatic rings. The first-order valence-electron chi connectivity index (χ1n) is 5.80. The van der Waals surface area contributed by atoms with Gasteiger partial charge in [-0.2, -0.15) is 0 Å². The number of nitrogens with one attached hydrogen (secondary N) is 1. The largest absolute Gasteiger partial charge is 0.494 e. The summed E-state index contributed by atoms with van der Waals surface area (Å²) in [6.45, 7) is 0.848. The number of anilines is 1. The molecule has 102 valence electrons. The molecule has 0 aliphatic heterocycles. The van der Waals surface area contributed by atoms with Crippen LogP contribution in [0.5, 0.6) is 5.75 Å². The number of ether oxygens (including phenoxy) is 1. The van der Waals surface area contributed by atoms with Gasteiger partial charge in [-0.3, -0.25) is 0 Å². The van der Waals surface area contributed by atoms with E-state index in [9.17, 15) is 4.39 Å². The van der Waals surface area contributed by atoms with Crippen LogP contribution in [0.15, 0.2) is 24.4 Å². The van der Waals surface area contributed by atoms with Crippen molar-refractivity contribution < 1.29 is 14.2 Å². The van der Waals surface area contributed by atoms with E-state index in [1.165, 1.54) is 13.2 Å². The van der Waals surface area contributed by atoms with E-state index in [0.29, 0.717) is 24.5 Å². The van der Waals surface area contributed by atoms with Crippen LogP contribution in [-0.4, -0.2) is 33.8 Å². The smallest absolute Gasteiger partial charge is 0.167 e. The van der Waals surface area contributed by atoms with Crippen molar-refractivity contribution in [1.82, 2.24) is 15.0 Å². The highest BCUT2D eigenvalue weighted by Crippen LogP contribution is 2.20. The van der Waals surface area contributed by atoms with Gasteiger partial charge in [0.05, 0.1) is 33.0 Å². The lowest BCUT2D eigenvalue weighted by Gasteiger charge is -2.06. The molecular weight excluding hydrogens is 251 g/mol. The normalized spacial score (nSPS) is 10.5. The summed E-state index contributed by atoms with van der Waals surface area (Å²) in [4.78, 5) is 0. The van der Waals surface area contributed by atoms with Crippen LogP contribution >= 0.6 is 0 Å². The molecule has 0 atom stereocenters. The molecule has 6 nitrogen and oxygen atoms in total. The van der Waals surface area contributed by atoms with Crippen LogP contribution in [0.2, 0.25) is 0 Å². The summed E-state index contributed by atoms with van der Waals surface area (Å²) >= 11 is 0. The van der Waals surface area contributed by atoms with Gasteiger partial charge in [0.15, 0.2) is 11.6 Å². The number of methoxy groups -OCH3 is 1. The monoisotopic (exact) mass is 266 g/mol. The zero-order valence-electron chi connectivity index (χ0n) is 10.5. The highest BCUT2D eigenvalue weighted by atomic mass is 19.1. The molecule has 0 saturated carbocycles. The van der Waals surface area contributed by atoms with E-state index in [1.807, 2.05) is 0 Å². The van der Waals surface area contributed by atoms with Gasteiger partial charge in [0.1, 0.15) is 5.69 Å². The summed E-state index contributed by atoms with van der Waals surface area (Å²) in [6, 6.07) is 4.64. The molecular formula is C12H15FN4O2. The number of aliphatic hydroxyl groups is 1. The molecule has 2 rings (SSSR count). The number of benzene rings is 1. The number of rotatable bonds is 6. The molecule has 0 radical (unpaired) electrons. The highest BCUT2D eigenvalue weighted by Gasteiger charge is 2.04. The summed E-state index contributed by atoms with van der Waals surface area (Å²) in [6.07, 6.45) is 1.73. The van der Waals surface area contributed by atoms with Crippen LogP contribution in [0.1, 0.15) is 5.69 Å².